The number of hydrogen-bond donors (Lipinski definition) is 1. The number of fused-ring (bicyclic) bond motifs is 1. The Hall–Kier alpha value is -2.82. The van der Waals surface area contributed by atoms with Crippen molar-refractivity contribution in [3.63, 3.8) is 0 Å². The number of nitrogen functional groups attached to an aromatic ring is 1. The minimum atomic E-state index is -0.209. The highest BCUT2D eigenvalue weighted by Crippen LogP contribution is 2.32. The lowest BCUT2D eigenvalue weighted by atomic mass is 10.0. The molecule has 1 aromatic carbocycles. The van der Waals surface area contributed by atoms with Gasteiger partial charge in [0, 0.05) is 23.7 Å². The van der Waals surface area contributed by atoms with Gasteiger partial charge in [0.1, 0.15) is 17.1 Å². The molecule has 3 aromatic rings. The predicted octanol–water partition coefficient (Wildman–Crippen LogP) is 2.67. The van der Waals surface area contributed by atoms with Gasteiger partial charge in [-0.05, 0) is 36.8 Å². The van der Waals surface area contributed by atoms with Crippen molar-refractivity contribution in [1.82, 2.24) is 9.55 Å². The van der Waals surface area contributed by atoms with Crippen LogP contribution in [0.3, 0.4) is 0 Å². The fourth-order valence-corrected chi connectivity index (χ4v) is 2.66. The zero-order valence-electron chi connectivity index (χ0n) is 12.5. The zero-order chi connectivity index (χ0) is 15.7. The Morgan fingerprint density at radius 1 is 1.23 bits per heavy atom. The molecule has 3 rings (SSSR count). The minimum absolute atomic E-state index is 0.209. The summed E-state index contributed by atoms with van der Waals surface area (Å²) in [6.45, 7) is 2.43. The van der Waals surface area contributed by atoms with Gasteiger partial charge in [-0.3, -0.25) is 9.36 Å². The van der Waals surface area contributed by atoms with Crippen LogP contribution in [0.1, 0.15) is 6.92 Å². The van der Waals surface area contributed by atoms with Crippen LogP contribution in [-0.4, -0.2) is 16.7 Å². The molecular weight excluding hydrogens is 278 g/mol. The second kappa shape index (κ2) is 5.52. The Balaban J connectivity index is 2.38. The molecule has 0 radical (unpaired) electrons. The Bertz CT molecular complexity index is 883. The number of aromatic nitrogens is 2. The maximum absolute atomic E-state index is 12.5. The van der Waals surface area contributed by atoms with Gasteiger partial charge in [0.05, 0.1) is 7.11 Å². The molecule has 0 saturated carbocycles. The summed E-state index contributed by atoms with van der Waals surface area (Å²) in [7, 11) is 1.62. The van der Waals surface area contributed by atoms with Crippen LogP contribution < -0.4 is 16.0 Å². The Morgan fingerprint density at radius 2 is 1.95 bits per heavy atom. The van der Waals surface area contributed by atoms with E-state index in [0.29, 0.717) is 12.2 Å². The maximum atomic E-state index is 12.5. The number of methoxy groups -OCH3 is 1. The molecule has 0 aliphatic carbocycles. The number of aryl methyl sites for hydroxylation is 1. The summed E-state index contributed by atoms with van der Waals surface area (Å²) in [5.41, 5.74) is 8.41. The van der Waals surface area contributed by atoms with Crippen LogP contribution in [0.2, 0.25) is 0 Å². The van der Waals surface area contributed by atoms with Crippen LogP contribution in [0.25, 0.3) is 22.2 Å². The van der Waals surface area contributed by atoms with Crippen LogP contribution in [-0.2, 0) is 6.54 Å². The third-order valence-corrected chi connectivity index (χ3v) is 3.75. The Morgan fingerprint density at radius 3 is 2.59 bits per heavy atom. The lowest BCUT2D eigenvalue weighted by Gasteiger charge is -2.14. The molecule has 0 fully saturated rings. The molecule has 0 aliphatic heterocycles. The molecule has 5 nitrogen and oxygen atoms in total. The predicted molar refractivity (Wildman–Crippen MR) is 88.1 cm³/mol. The topological polar surface area (TPSA) is 70.1 Å². The Kier molecular flexibility index (Phi) is 3.55. The van der Waals surface area contributed by atoms with Crippen molar-refractivity contribution in [2.24, 2.45) is 0 Å². The molecule has 2 heterocycles. The molecule has 0 amide bonds. The van der Waals surface area contributed by atoms with Gasteiger partial charge in [-0.1, -0.05) is 12.1 Å². The summed E-state index contributed by atoms with van der Waals surface area (Å²) in [6.07, 6.45) is 1.68. The normalized spacial score (nSPS) is 10.8. The van der Waals surface area contributed by atoms with E-state index in [1.807, 2.05) is 43.3 Å². The largest absolute Gasteiger partial charge is 0.497 e. The van der Waals surface area contributed by atoms with E-state index in [1.165, 1.54) is 0 Å². The minimum Gasteiger partial charge on any atom is -0.497 e. The molecule has 0 spiro atoms. The number of ether oxygens (including phenoxy) is 1. The number of hydrogen-bond acceptors (Lipinski definition) is 4. The van der Waals surface area contributed by atoms with Crippen LogP contribution in [0, 0.1) is 0 Å². The van der Waals surface area contributed by atoms with Gasteiger partial charge in [0.25, 0.3) is 5.56 Å². The lowest BCUT2D eigenvalue weighted by molar-refractivity contribution is 0.415. The number of pyridine rings is 2. The second-order valence-corrected chi connectivity index (χ2v) is 4.94. The van der Waals surface area contributed by atoms with Crippen molar-refractivity contribution < 1.29 is 4.74 Å². The fraction of sp³-hybridized carbons (Fsp3) is 0.176. The quantitative estimate of drug-likeness (QED) is 0.806. The van der Waals surface area contributed by atoms with Gasteiger partial charge >= 0.3 is 0 Å². The molecule has 2 N–H and O–H groups in total. The molecule has 2 aromatic heterocycles. The molecule has 22 heavy (non-hydrogen) atoms. The first-order valence-corrected chi connectivity index (χ1v) is 7.08. The van der Waals surface area contributed by atoms with Gasteiger partial charge < -0.3 is 10.5 Å². The highest BCUT2D eigenvalue weighted by molar-refractivity contribution is 5.98. The van der Waals surface area contributed by atoms with E-state index < -0.39 is 0 Å². The number of benzene rings is 1. The van der Waals surface area contributed by atoms with Crippen molar-refractivity contribution in [2.75, 3.05) is 12.8 Å². The number of nitrogens with zero attached hydrogens (tertiary/aromatic N) is 2. The third-order valence-electron chi connectivity index (χ3n) is 3.75. The van der Waals surface area contributed by atoms with E-state index in [2.05, 4.69) is 4.98 Å². The van der Waals surface area contributed by atoms with Crippen molar-refractivity contribution >= 4 is 16.7 Å². The van der Waals surface area contributed by atoms with E-state index in [4.69, 9.17) is 10.5 Å². The van der Waals surface area contributed by atoms with Crippen LogP contribution >= 0.6 is 0 Å². The number of nitrogens with two attached hydrogens (primary N) is 1. The van der Waals surface area contributed by atoms with E-state index in [1.54, 1.807) is 17.9 Å². The molecule has 0 bridgehead atoms. The average Bonchev–Trinajstić information content (AvgIpc) is 2.57. The van der Waals surface area contributed by atoms with E-state index in [0.717, 1.165) is 22.3 Å². The fourth-order valence-electron chi connectivity index (χ4n) is 2.66. The summed E-state index contributed by atoms with van der Waals surface area (Å²) >= 11 is 0. The molecule has 5 heteroatoms. The average molecular weight is 295 g/mol. The van der Waals surface area contributed by atoms with Crippen molar-refractivity contribution in [1.29, 1.82) is 0 Å². The molecule has 0 saturated heterocycles. The van der Waals surface area contributed by atoms with Gasteiger partial charge in [0.15, 0.2) is 0 Å². The molecule has 0 atom stereocenters. The van der Waals surface area contributed by atoms with Crippen molar-refractivity contribution in [2.45, 2.75) is 13.5 Å². The monoisotopic (exact) mass is 295 g/mol. The van der Waals surface area contributed by atoms with Gasteiger partial charge in [-0.15, -0.1) is 0 Å². The number of anilines is 1. The van der Waals surface area contributed by atoms with Crippen molar-refractivity contribution in [3.8, 4) is 16.9 Å². The molecule has 0 unspecified atom stereocenters. The van der Waals surface area contributed by atoms with Gasteiger partial charge in [0.2, 0.25) is 0 Å². The first-order valence-electron chi connectivity index (χ1n) is 7.08. The highest BCUT2D eigenvalue weighted by Gasteiger charge is 2.15. The first kappa shape index (κ1) is 14.1. The van der Waals surface area contributed by atoms with Crippen LogP contribution in [0.15, 0.2) is 47.4 Å². The van der Waals surface area contributed by atoms with E-state index in [-0.39, 0.29) is 11.2 Å². The summed E-state index contributed by atoms with van der Waals surface area (Å²) < 4.78 is 6.77. The summed E-state index contributed by atoms with van der Waals surface area (Å²) in [5, 5.41) is 0.867. The van der Waals surface area contributed by atoms with Gasteiger partial charge in [-0.25, -0.2) is 4.98 Å². The van der Waals surface area contributed by atoms with Crippen LogP contribution in [0.5, 0.6) is 5.75 Å². The Labute approximate surface area is 128 Å². The van der Waals surface area contributed by atoms with E-state index in [9.17, 15) is 4.79 Å². The molecule has 0 aliphatic rings. The van der Waals surface area contributed by atoms with Crippen molar-refractivity contribution in [3.05, 3.63) is 52.9 Å². The summed E-state index contributed by atoms with van der Waals surface area (Å²) in [5.74, 6) is 0.756. The SMILES string of the molecule is CCn1c(=O)c(N)c(-c2ccc(OC)cc2)c2cccnc21. The zero-order valence-corrected chi connectivity index (χ0v) is 12.5. The van der Waals surface area contributed by atoms with Crippen LogP contribution in [0.4, 0.5) is 5.69 Å². The van der Waals surface area contributed by atoms with Gasteiger partial charge in [-0.2, -0.15) is 0 Å². The summed E-state index contributed by atoms with van der Waals surface area (Å²) in [6, 6.07) is 11.3. The molecular formula is C17H17N3O2. The summed E-state index contributed by atoms with van der Waals surface area (Å²) in [4.78, 5) is 16.9. The first-order chi connectivity index (χ1) is 10.7. The second-order valence-electron chi connectivity index (χ2n) is 4.94. The third kappa shape index (κ3) is 2.11. The molecule has 112 valence electrons. The lowest BCUT2D eigenvalue weighted by Crippen LogP contribution is -2.24. The van der Waals surface area contributed by atoms with E-state index >= 15 is 0 Å². The number of rotatable bonds is 3. The highest BCUT2D eigenvalue weighted by atomic mass is 16.5. The smallest absolute Gasteiger partial charge is 0.275 e. The maximum Gasteiger partial charge on any atom is 0.275 e. The standard InChI is InChI=1S/C17H17N3O2/c1-3-20-16-13(5-4-10-19-16)14(15(18)17(20)21)11-6-8-12(22-2)9-7-11/h4-10H,3,18H2,1-2H3.